The Morgan fingerprint density at radius 1 is 1.08 bits per heavy atom. The standard InChI is InChI=1S/C14H13FN2O3.C12H21F3N2O/c1-7-2-3-8-9(12(7)15)6-17(14(8)20)10-4-5-11(18)16-13(10)19;13-12(14,15)9-17-5-3-10(4-6-17)16-11-2-1-7-18-8-11/h2-3,10H,4-6H2,1H3,(H,16,18,19);10-11,16H,1-9H2. The number of hydrogen-bond acceptors (Lipinski definition) is 6. The molecule has 8 nitrogen and oxygen atoms in total. The van der Waals surface area contributed by atoms with Crippen molar-refractivity contribution in [3.05, 3.63) is 34.6 Å². The summed E-state index contributed by atoms with van der Waals surface area (Å²) in [4.78, 5) is 38.1. The van der Waals surface area contributed by atoms with E-state index in [2.05, 4.69) is 10.6 Å². The lowest BCUT2D eigenvalue weighted by atomic mass is 10.0. The highest BCUT2D eigenvalue weighted by Gasteiger charge is 2.40. The maximum Gasteiger partial charge on any atom is 0.401 e. The molecule has 2 N–H and O–H groups in total. The van der Waals surface area contributed by atoms with Gasteiger partial charge in [-0.1, -0.05) is 6.07 Å². The minimum Gasteiger partial charge on any atom is -0.380 e. The first kappa shape index (κ1) is 28.4. The molecule has 0 aromatic heterocycles. The van der Waals surface area contributed by atoms with Crippen molar-refractivity contribution < 1.29 is 36.7 Å². The highest BCUT2D eigenvalue weighted by molar-refractivity contribution is 6.05. The predicted molar refractivity (Wildman–Crippen MR) is 130 cm³/mol. The molecular weight excluding hydrogens is 508 g/mol. The number of carbonyl (C=O) groups excluding carboxylic acids is 3. The van der Waals surface area contributed by atoms with Gasteiger partial charge in [0.05, 0.1) is 19.7 Å². The van der Waals surface area contributed by atoms with Gasteiger partial charge >= 0.3 is 6.18 Å². The lowest BCUT2D eigenvalue weighted by Gasteiger charge is -2.35. The number of benzene rings is 1. The number of imide groups is 1. The molecule has 4 aliphatic rings. The number of likely N-dealkylation sites (tertiary alicyclic amines) is 1. The molecule has 1 aromatic rings. The van der Waals surface area contributed by atoms with E-state index in [-0.39, 0.29) is 31.2 Å². The Bertz CT molecular complexity index is 1040. The maximum atomic E-state index is 14.0. The summed E-state index contributed by atoms with van der Waals surface area (Å²) in [5, 5.41) is 5.72. The van der Waals surface area contributed by atoms with Gasteiger partial charge in [0, 0.05) is 36.2 Å². The fourth-order valence-corrected chi connectivity index (χ4v) is 5.44. The number of nitrogens with one attached hydrogen (secondary N) is 2. The normalized spacial score (nSPS) is 25.1. The lowest BCUT2D eigenvalue weighted by molar-refractivity contribution is -0.148. The van der Waals surface area contributed by atoms with Crippen molar-refractivity contribution in [1.29, 1.82) is 0 Å². The van der Waals surface area contributed by atoms with Gasteiger partial charge in [0.2, 0.25) is 11.8 Å². The molecule has 3 fully saturated rings. The third-order valence-electron chi connectivity index (χ3n) is 7.46. The monoisotopic (exact) mass is 542 g/mol. The van der Waals surface area contributed by atoms with E-state index in [0.717, 1.165) is 38.9 Å². The molecule has 210 valence electrons. The van der Waals surface area contributed by atoms with Crippen LogP contribution in [0.1, 0.15) is 60.0 Å². The smallest absolute Gasteiger partial charge is 0.380 e. The highest BCUT2D eigenvalue weighted by atomic mass is 19.4. The number of aryl methyl sites for hydroxylation is 1. The first-order valence-corrected chi connectivity index (χ1v) is 13.1. The van der Waals surface area contributed by atoms with Gasteiger partial charge in [0.15, 0.2) is 0 Å². The van der Waals surface area contributed by atoms with Gasteiger partial charge in [0.1, 0.15) is 11.9 Å². The molecule has 38 heavy (non-hydrogen) atoms. The second-order valence-corrected chi connectivity index (χ2v) is 10.4. The van der Waals surface area contributed by atoms with E-state index in [1.807, 2.05) is 0 Å². The Labute approximate surface area is 219 Å². The summed E-state index contributed by atoms with van der Waals surface area (Å²) in [5.41, 5.74) is 1.11. The van der Waals surface area contributed by atoms with Gasteiger partial charge in [-0.15, -0.1) is 0 Å². The van der Waals surface area contributed by atoms with Crippen molar-refractivity contribution in [2.45, 2.75) is 76.3 Å². The summed E-state index contributed by atoms with van der Waals surface area (Å²) in [7, 11) is 0. The first-order valence-electron chi connectivity index (χ1n) is 13.1. The molecule has 4 heterocycles. The van der Waals surface area contributed by atoms with Crippen molar-refractivity contribution in [2.24, 2.45) is 0 Å². The van der Waals surface area contributed by atoms with Crippen LogP contribution in [0.4, 0.5) is 17.6 Å². The molecule has 0 saturated carbocycles. The number of rotatable bonds is 4. The Hall–Kier alpha value is -2.57. The Balaban J connectivity index is 0.000000178. The summed E-state index contributed by atoms with van der Waals surface area (Å²) in [5.74, 6) is -1.57. The summed E-state index contributed by atoms with van der Waals surface area (Å²) in [6.07, 6.45) is 0.188. The second-order valence-electron chi connectivity index (χ2n) is 10.4. The van der Waals surface area contributed by atoms with Gasteiger partial charge < -0.3 is 15.0 Å². The van der Waals surface area contributed by atoms with Crippen LogP contribution in [0.3, 0.4) is 0 Å². The number of hydrogen-bond donors (Lipinski definition) is 2. The minimum atomic E-state index is -4.07. The fraction of sp³-hybridized carbons (Fsp3) is 0.654. The number of halogens is 4. The van der Waals surface area contributed by atoms with Gasteiger partial charge in [0.25, 0.3) is 5.91 Å². The molecule has 2 unspecified atom stereocenters. The molecule has 3 saturated heterocycles. The van der Waals surface area contributed by atoms with E-state index in [1.165, 1.54) is 9.80 Å². The topological polar surface area (TPSA) is 91.0 Å². The van der Waals surface area contributed by atoms with Gasteiger partial charge in [-0.05, 0) is 63.7 Å². The van der Waals surface area contributed by atoms with Crippen LogP contribution in [0, 0.1) is 12.7 Å². The van der Waals surface area contributed by atoms with Gasteiger partial charge in [-0.25, -0.2) is 4.39 Å². The predicted octanol–water partition coefficient (Wildman–Crippen LogP) is 2.68. The third kappa shape index (κ3) is 7.09. The lowest BCUT2D eigenvalue weighted by Crippen LogP contribution is -2.52. The Morgan fingerprint density at radius 2 is 1.82 bits per heavy atom. The van der Waals surface area contributed by atoms with Crippen LogP contribution >= 0.6 is 0 Å². The third-order valence-corrected chi connectivity index (χ3v) is 7.46. The molecule has 3 amide bonds. The van der Waals surface area contributed by atoms with Crippen molar-refractivity contribution in [3.63, 3.8) is 0 Å². The number of carbonyl (C=O) groups is 3. The molecule has 0 spiro atoms. The SMILES string of the molecule is Cc1ccc2c(c1F)CN(C1CCC(=O)NC1=O)C2=O.FC(F)(F)CN1CCC(NC2CCCOC2)CC1. The van der Waals surface area contributed by atoms with Crippen molar-refractivity contribution in [2.75, 3.05) is 32.8 Å². The van der Waals surface area contributed by atoms with Crippen molar-refractivity contribution in [3.8, 4) is 0 Å². The summed E-state index contributed by atoms with van der Waals surface area (Å²) >= 11 is 0. The van der Waals surface area contributed by atoms with E-state index in [9.17, 15) is 31.9 Å². The fourth-order valence-electron chi connectivity index (χ4n) is 5.44. The maximum absolute atomic E-state index is 14.0. The van der Waals surface area contributed by atoms with Crippen LogP contribution in [0.25, 0.3) is 0 Å². The van der Waals surface area contributed by atoms with Crippen LogP contribution in [0.5, 0.6) is 0 Å². The number of alkyl halides is 3. The van der Waals surface area contributed by atoms with E-state index in [0.29, 0.717) is 41.9 Å². The quantitative estimate of drug-likeness (QED) is 0.449. The average molecular weight is 543 g/mol. The zero-order chi connectivity index (χ0) is 27.4. The Morgan fingerprint density at radius 3 is 2.45 bits per heavy atom. The number of piperidine rings is 2. The molecule has 4 aliphatic heterocycles. The summed E-state index contributed by atoms with van der Waals surface area (Å²) < 4.78 is 56.1. The average Bonchev–Trinajstić information content (AvgIpc) is 3.19. The second kappa shape index (κ2) is 12.1. The Kier molecular flexibility index (Phi) is 9.04. The van der Waals surface area contributed by atoms with E-state index in [1.54, 1.807) is 19.1 Å². The summed E-state index contributed by atoms with van der Waals surface area (Å²) in [6.45, 7) is 3.58. The van der Waals surface area contributed by atoms with Crippen molar-refractivity contribution >= 4 is 17.7 Å². The molecule has 5 rings (SSSR count). The van der Waals surface area contributed by atoms with E-state index in [4.69, 9.17) is 4.74 Å². The molecule has 0 radical (unpaired) electrons. The van der Waals surface area contributed by atoms with Crippen LogP contribution in [-0.2, 0) is 20.9 Å². The molecule has 12 heteroatoms. The molecule has 0 bridgehead atoms. The highest BCUT2D eigenvalue weighted by Crippen LogP contribution is 2.30. The number of fused-ring (bicyclic) bond motifs is 1. The van der Waals surface area contributed by atoms with Crippen molar-refractivity contribution in [1.82, 2.24) is 20.4 Å². The van der Waals surface area contributed by atoms with Gasteiger partial charge in [-0.3, -0.25) is 24.6 Å². The van der Waals surface area contributed by atoms with E-state index < -0.39 is 30.5 Å². The molecule has 2 atom stereocenters. The van der Waals surface area contributed by atoms with Crippen LogP contribution in [0.15, 0.2) is 12.1 Å². The zero-order valence-corrected chi connectivity index (χ0v) is 21.4. The molecular formula is C26H34F4N4O4. The minimum absolute atomic E-state index is 0.0773. The van der Waals surface area contributed by atoms with Gasteiger partial charge in [-0.2, -0.15) is 13.2 Å². The van der Waals surface area contributed by atoms with E-state index >= 15 is 0 Å². The number of amides is 3. The van der Waals surface area contributed by atoms with Crippen LogP contribution in [0.2, 0.25) is 0 Å². The van der Waals surface area contributed by atoms with Crippen LogP contribution in [-0.4, -0.2) is 84.7 Å². The number of nitrogens with zero attached hydrogens (tertiary/aromatic N) is 2. The molecule has 1 aromatic carbocycles. The number of ether oxygens (including phenoxy) is 1. The largest absolute Gasteiger partial charge is 0.401 e. The molecule has 0 aliphatic carbocycles. The summed E-state index contributed by atoms with van der Waals surface area (Å²) in [6, 6.07) is 3.17. The van der Waals surface area contributed by atoms with Crippen LogP contribution < -0.4 is 10.6 Å². The zero-order valence-electron chi connectivity index (χ0n) is 21.4. The first-order chi connectivity index (χ1) is 18.0.